The van der Waals surface area contributed by atoms with Gasteiger partial charge in [-0.1, -0.05) is 41.9 Å². The Labute approximate surface area is 110 Å². The van der Waals surface area contributed by atoms with Crippen molar-refractivity contribution in [1.29, 1.82) is 0 Å². The molecule has 0 saturated carbocycles. The smallest absolute Gasteiger partial charge is 0.220 e. The molecule has 0 bridgehead atoms. The Bertz CT molecular complexity index is 740. The lowest BCUT2D eigenvalue weighted by molar-refractivity contribution is 0.591. The molecule has 0 aliphatic heterocycles. The van der Waals surface area contributed by atoms with Crippen LogP contribution in [0.4, 0.5) is 0 Å². The fourth-order valence-electron chi connectivity index (χ4n) is 2.49. The number of hydrogen-bond donors (Lipinski definition) is 1. The first-order valence-corrected chi connectivity index (χ1v) is 7.37. The highest BCUT2D eigenvalue weighted by Gasteiger charge is 2.35. The molecule has 2 aromatic rings. The zero-order valence-corrected chi connectivity index (χ0v) is 10.9. The van der Waals surface area contributed by atoms with Crippen molar-refractivity contribution in [2.75, 3.05) is 0 Å². The third-order valence-electron chi connectivity index (χ3n) is 3.16. The predicted molar refractivity (Wildman–Crippen MR) is 71.8 cm³/mol. The average molecular weight is 280 g/mol. The standard InChI is InChI=1S/C13H10ClNO2S/c14-8-5-6-10-9-3-1-2-4-11(9)13(12(10)7-8)18(15,16)17/h1-7,13H,(H2,15,16,17)/t13-/m1/s1. The highest BCUT2D eigenvalue weighted by molar-refractivity contribution is 7.89. The molecule has 18 heavy (non-hydrogen) atoms. The molecule has 1 aliphatic rings. The molecule has 0 radical (unpaired) electrons. The lowest BCUT2D eigenvalue weighted by atomic mass is 10.1. The molecule has 3 rings (SSSR count). The average Bonchev–Trinajstić information content (AvgIpc) is 2.61. The van der Waals surface area contributed by atoms with Gasteiger partial charge < -0.3 is 0 Å². The molecule has 0 saturated heterocycles. The summed E-state index contributed by atoms with van der Waals surface area (Å²) >= 11 is 5.95. The van der Waals surface area contributed by atoms with E-state index >= 15 is 0 Å². The minimum absolute atomic E-state index is 0.509. The number of hydrogen-bond acceptors (Lipinski definition) is 2. The van der Waals surface area contributed by atoms with Crippen LogP contribution in [0.5, 0.6) is 0 Å². The number of rotatable bonds is 1. The summed E-state index contributed by atoms with van der Waals surface area (Å²) in [5.74, 6) is 0. The zero-order chi connectivity index (χ0) is 12.9. The quantitative estimate of drug-likeness (QED) is 0.872. The molecular formula is C13H10ClNO2S. The Balaban J connectivity index is 2.39. The van der Waals surface area contributed by atoms with E-state index in [0.717, 1.165) is 16.7 Å². The summed E-state index contributed by atoms with van der Waals surface area (Å²) in [5.41, 5.74) is 3.17. The van der Waals surface area contributed by atoms with Gasteiger partial charge in [-0.15, -0.1) is 0 Å². The van der Waals surface area contributed by atoms with Crippen molar-refractivity contribution in [3.63, 3.8) is 0 Å². The third-order valence-corrected chi connectivity index (χ3v) is 4.56. The fraction of sp³-hybridized carbons (Fsp3) is 0.0769. The zero-order valence-electron chi connectivity index (χ0n) is 9.30. The molecule has 0 heterocycles. The number of sulfonamides is 1. The van der Waals surface area contributed by atoms with Crippen LogP contribution in [0, 0.1) is 0 Å². The van der Waals surface area contributed by atoms with E-state index in [4.69, 9.17) is 16.7 Å². The lowest BCUT2D eigenvalue weighted by Gasteiger charge is -2.10. The van der Waals surface area contributed by atoms with Crippen LogP contribution >= 0.6 is 11.6 Å². The van der Waals surface area contributed by atoms with Crippen molar-refractivity contribution >= 4 is 21.6 Å². The molecule has 0 aromatic heterocycles. The van der Waals surface area contributed by atoms with Crippen molar-refractivity contribution in [3.05, 3.63) is 58.6 Å². The molecule has 92 valence electrons. The molecule has 0 fully saturated rings. The van der Waals surface area contributed by atoms with E-state index < -0.39 is 15.3 Å². The first kappa shape index (κ1) is 11.7. The Morgan fingerprint density at radius 1 is 1.00 bits per heavy atom. The highest BCUT2D eigenvalue weighted by Crippen LogP contribution is 2.47. The number of fused-ring (bicyclic) bond motifs is 3. The SMILES string of the molecule is NS(=O)(=O)[C@@H]1c2ccccc2-c2ccc(Cl)cc21. The van der Waals surface area contributed by atoms with Gasteiger partial charge in [0.05, 0.1) is 0 Å². The van der Waals surface area contributed by atoms with Crippen LogP contribution in [0.2, 0.25) is 5.02 Å². The van der Waals surface area contributed by atoms with Gasteiger partial charge in [0.15, 0.2) is 0 Å². The lowest BCUT2D eigenvalue weighted by Crippen LogP contribution is -2.20. The minimum atomic E-state index is -3.70. The van der Waals surface area contributed by atoms with E-state index in [1.54, 1.807) is 18.2 Å². The minimum Gasteiger partial charge on any atom is -0.228 e. The molecule has 3 nitrogen and oxygen atoms in total. The molecule has 0 unspecified atom stereocenters. The topological polar surface area (TPSA) is 60.2 Å². The Hall–Kier alpha value is -1.36. The summed E-state index contributed by atoms with van der Waals surface area (Å²) in [6.07, 6.45) is 0. The van der Waals surface area contributed by atoms with Gasteiger partial charge >= 0.3 is 0 Å². The van der Waals surface area contributed by atoms with Gasteiger partial charge in [0.1, 0.15) is 5.25 Å². The summed E-state index contributed by atoms with van der Waals surface area (Å²) < 4.78 is 23.6. The van der Waals surface area contributed by atoms with Crippen molar-refractivity contribution in [2.24, 2.45) is 5.14 Å². The van der Waals surface area contributed by atoms with Crippen LogP contribution < -0.4 is 5.14 Å². The van der Waals surface area contributed by atoms with Gasteiger partial charge in [0.25, 0.3) is 0 Å². The van der Waals surface area contributed by atoms with E-state index in [2.05, 4.69) is 0 Å². The number of benzene rings is 2. The maximum Gasteiger partial charge on any atom is 0.220 e. The maximum atomic E-state index is 11.8. The van der Waals surface area contributed by atoms with E-state index in [0.29, 0.717) is 10.6 Å². The molecule has 1 atom stereocenters. The van der Waals surface area contributed by atoms with Gasteiger partial charge in [-0.3, -0.25) is 0 Å². The van der Waals surface area contributed by atoms with Crippen molar-refractivity contribution in [2.45, 2.75) is 5.25 Å². The first-order valence-electron chi connectivity index (χ1n) is 5.39. The summed E-state index contributed by atoms with van der Waals surface area (Å²) in [6, 6.07) is 12.6. The van der Waals surface area contributed by atoms with Crippen LogP contribution in [0.1, 0.15) is 16.4 Å². The molecule has 0 spiro atoms. The molecule has 2 aromatic carbocycles. The van der Waals surface area contributed by atoms with E-state index in [1.165, 1.54) is 0 Å². The van der Waals surface area contributed by atoms with Gasteiger partial charge in [0, 0.05) is 5.02 Å². The predicted octanol–water partition coefficient (Wildman–Crippen LogP) is 2.70. The van der Waals surface area contributed by atoms with Crippen molar-refractivity contribution in [1.82, 2.24) is 0 Å². The van der Waals surface area contributed by atoms with Crippen molar-refractivity contribution in [3.8, 4) is 11.1 Å². The van der Waals surface area contributed by atoms with Gasteiger partial charge in [-0.05, 0) is 34.4 Å². The van der Waals surface area contributed by atoms with Crippen LogP contribution in [-0.2, 0) is 10.0 Å². The highest BCUT2D eigenvalue weighted by atomic mass is 35.5. The Morgan fingerprint density at radius 2 is 1.67 bits per heavy atom. The third kappa shape index (κ3) is 1.65. The van der Waals surface area contributed by atoms with Gasteiger partial charge in [-0.25, -0.2) is 13.6 Å². The van der Waals surface area contributed by atoms with Crippen LogP contribution in [0.15, 0.2) is 42.5 Å². The van der Waals surface area contributed by atoms with E-state index in [-0.39, 0.29) is 0 Å². The number of nitrogens with two attached hydrogens (primary N) is 1. The van der Waals surface area contributed by atoms with E-state index in [1.807, 2.05) is 24.3 Å². The van der Waals surface area contributed by atoms with Crippen molar-refractivity contribution < 1.29 is 8.42 Å². The van der Waals surface area contributed by atoms with Crippen LogP contribution in [0.3, 0.4) is 0 Å². The normalized spacial score (nSPS) is 17.3. The number of primary sulfonamides is 1. The summed E-state index contributed by atoms with van der Waals surface area (Å²) in [5, 5.41) is 5.04. The van der Waals surface area contributed by atoms with Gasteiger partial charge in [0.2, 0.25) is 10.0 Å². The molecular weight excluding hydrogens is 270 g/mol. The fourth-order valence-corrected chi connectivity index (χ4v) is 3.78. The van der Waals surface area contributed by atoms with Crippen LogP contribution in [0.25, 0.3) is 11.1 Å². The second-order valence-electron chi connectivity index (χ2n) is 4.29. The molecule has 1 aliphatic carbocycles. The second-order valence-corrected chi connectivity index (χ2v) is 6.37. The monoisotopic (exact) mass is 279 g/mol. The second kappa shape index (κ2) is 3.82. The largest absolute Gasteiger partial charge is 0.228 e. The van der Waals surface area contributed by atoms with Gasteiger partial charge in [-0.2, -0.15) is 0 Å². The summed E-state index contributed by atoms with van der Waals surface area (Å²) in [6.45, 7) is 0. The Morgan fingerprint density at radius 3 is 2.39 bits per heavy atom. The summed E-state index contributed by atoms with van der Waals surface area (Å²) in [4.78, 5) is 0. The first-order chi connectivity index (χ1) is 8.48. The Kier molecular flexibility index (Phi) is 2.48. The molecule has 0 amide bonds. The molecule has 2 N–H and O–H groups in total. The maximum absolute atomic E-state index is 11.8. The number of halogens is 1. The van der Waals surface area contributed by atoms with E-state index in [9.17, 15) is 8.42 Å². The molecule has 5 heteroatoms. The van der Waals surface area contributed by atoms with Crippen LogP contribution in [-0.4, -0.2) is 8.42 Å². The summed E-state index contributed by atoms with van der Waals surface area (Å²) in [7, 11) is -3.70.